The summed E-state index contributed by atoms with van der Waals surface area (Å²) in [5, 5.41) is 10.2. The Morgan fingerprint density at radius 2 is 1.94 bits per heavy atom. The summed E-state index contributed by atoms with van der Waals surface area (Å²) in [5.74, 6) is 0.766. The molecule has 0 bridgehead atoms. The summed E-state index contributed by atoms with van der Waals surface area (Å²) in [6, 6.07) is 5.90. The molecular weight excluding hydrogens is 200 g/mol. The minimum absolute atomic E-state index is 0.105. The first-order valence-electron chi connectivity index (χ1n) is 5.66. The van der Waals surface area contributed by atoms with Crippen molar-refractivity contribution in [1.82, 2.24) is 0 Å². The monoisotopic (exact) mass is 222 g/mol. The van der Waals surface area contributed by atoms with Crippen molar-refractivity contribution >= 4 is 0 Å². The summed E-state index contributed by atoms with van der Waals surface area (Å²) >= 11 is 0. The molecule has 1 rings (SSSR count). The van der Waals surface area contributed by atoms with Crippen LogP contribution in [0.15, 0.2) is 18.2 Å². The Labute approximate surface area is 98.3 Å². The lowest BCUT2D eigenvalue weighted by atomic mass is 9.86. The van der Waals surface area contributed by atoms with E-state index < -0.39 is 6.10 Å². The Bertz CT molecular complexity index is 350. The zero-order valence-electron chi connectivity index (χ0n) is 10.9. The molecule has 0 heterocycles. The number of aliphatic hydroxyl groups is 1. The third-order valence-electron chi connectivity index (χ3n) is 2.55. The maximum Gasteiger partial charge on any atom is 0.124 e. The van der Waals surface area contributed by atoms with Crippen LogP contribution in [0.25, 0.3) is 0 Å². The second-order valence-electron chi connectivity index (χ2n) is 5.53. The van der Waals surface area contributed by atoms with Crippen LogP contribution in [-0.2, 0) is 0 Å². The average molecular weight is 222 g/mol. The van der Waals surface area contributed by atoms with Crippen LogP contribution in [-0.4, -0.2) is 12.2 Å². The molecule has 0 aliphatic carbocycles. The highest BCUT2D eigenvalue weighted by molar-refractivity contribution is 5.38. The molecule has 0 aromatic heterocycles. The number of aliphatic hydroxyl groups excluding tert-OH is 1. The summed E-state index contributed by atoms with van der Waals surface area (Å²) in [7, 11) is 1.64. The van der Waals surface area contributed by atoms with Gasteiger partial charge in [-0.15, -0.1) is 0 Å². The van der Waals surface area contributed by atoms with Crippen LogP contribution < -0.4 is 4.74 Å². The molecule has 2 heteroatoms. The van der Waals surface area contributed by atoms with Gasteiger partial charge in [0, 0.05) is 5.56 Å². The molecule has 0 aliphatic rings. The molecule has 1 unspecified atom stereocenters. The van der Waals surface area contributed by atoms with Gasteiger partial charge < -0.3 is 9.84 Å². The smallest absolute Gasteiger partial charge is 0.124 e. The first kappa shape index (κ1) is 13.0. The Hall–Kier alpha value is -1.02. The molecule has 0 saturated heterocycles. The second kappa shape index (κ2) is 4.88. The highest BCUT2D eigenvalue weighted by Crippen LogP contribution is 2.34. The molecule has 1 aromatic carbocycles. The van der Waals surface area contributed by atoms with Gasteiger partial charge in [-0.2, -0.15) is 0 Å². The van der Waals surface area contributed by atoms with Gasteiger partial charge in [0.15, 0.2) is 0 Å². The minimum Gasteiger partial charge on any atom is -0.496 e. The van der Waals surface area contributed by atoms with Gasteiger partial charge in [0.1, 0.15) is 5.75 Å². The van der Waals surface area contributed by atoms with Gasteiger partial charge in [0.05, 0.1) is 13.2 Å². The summed E-state index contributed by atoms with van der Waals surface area (Å²) in [4.78, 5) is 0. The van der Waals surface area contributed by atoms with Gasteiger partial charge in [-0.25, -0.2) is 0 Å². The van der Waals surface area contributed by atoms with Crippen LogP contribution in [0, 0.1) is 12.3 Å². The Kier molecular flexibility index (Phi) is 3.98. The van der Waals surface area contributed by atoms with Crippen LogP contribution in [0.3, 0.4) is 0 Å². The molecule has 0 spiro atoms. The fraction of sp³-hybridized carbons (Fsp3) is 0.571. The largest absolute Gasteiger partial charge is 0.496 e. The molecule has 0 radical (unpaired) electrons. The van der Waals surface area contributed by atoms with E-state index in [1.54, 1.807) is 7.11 Å². The topological polar surface area (TPSA) is 29.5 Å². The quantitative estimate of drug-likeness (QED) is 0.848. The highest BCUT2D eigenvalue weighted by atomic mass is 16.5. The number of rotatable bonds is 3. The third kappa shape index (κ3) is 3.53. The maximum absolute atomic E-state index is 10.2. The Morgan fingerprint density at radius 1 is 1.31 bits per heavy atom. The van der Waals surface area contributed by atoms with Crippen molar-refractivity contribution in [1.29, 1.82) is 0 Å². The van der Waals surface area contributed by atoms with E-state index in [0.717, 1.165) is 23.3 Å². The summed E-state index contributed by atoms with van der Waals surface area (Å²) in [5.41, 5.74) is 2.13. The van der Waals surface area contributed by atoms with E-state index in [-0.39, 0.29) is 5.41 Å². The second-order valence-corrected chi connectivity index (χ2v) is 5.53. The lowest BCUT2D eigenvalue weighted by Gasteiger charge is -2.24. The Balaban J connectivity index is 2.97. The molecular formula is C14H22O2. The van der Waals surface area contributed by atoms with Crippen LogP contribution in [0.1, 0.15) is 44.4 Å². The SMILES string of the molecule is COc1ccc(C)cc1C(O)CC(C)(C)C. The van der Waals surface area contributed by atoms with E-state index in [2.05, 4.69) is 20.8 Å². The molecule has 1 N–H and O–H groups in total. The normalized spacial score (nSPS) is 13.6. The van der Waals surface area contributed by atoms with E-state index >= 15 is 0 Å². The van der Waals surface area contributed by atoms with Gasteiger partial charge in [-0.3, -0.25) is 0 Å². The maximum atomic E-state index is 10.2. The predicted molar refractivity (Wildman–Crippen MR) is 66.8 cm³/mol. The summed E-state index contributed by atoms with van der Waals surface area (Å²) < 4.78 is 5.28. The van der Waals surface area contributed by atoms with Crippen molar-refractivity contribution in [2.24, 2.45) is 5.41 Å². The van der Waals surface area contributed by atoms with Crippen molar-refractivity contribution in [3.05, 3.63) is 29.3 Å². The van der Waals surface area contributed by atoms with Crippen LogP contribution in [0.4, 0.5) is 0 Å². The third-order valence-corrected chi connectivity index (χ3v) is 2.55. The highest BCUT2D eigenvalue weighted by Gasteiger charge is 2.20. The number of ether oxygens (including phenoxy) is 1. The van der Waals surface area contributed by atoms with E-state index in [1.807, 2.05) is 25.1 Å². The zero-order chi connectivity index (χ0) is 12.3. The molecule has 0 saturated carbocycles. The molecule has 2 nitrogen and oxygen atoms in total. The standard InChI is InChI=1S/C14H22O2/c1-10-6-7-13(16-5)11(8-10)12(15)9-14(2,3)4/h6-8,12,15H,9H2,1-5H3. The van der Waals surface area contributed by atoms with Gasteiger partial charge in [-0.1, -0.05) is 32.4 Å². The lowest BCUT2D eigenvalue weighted by Crippen LogP contribution is -2.12. The van der Waals surface area contributed by atoms with Crippen molar-refractivity contribution in [3.8, 4) is 5.75 Å². The van der Waals surface area contributed by atoms with Gasteiger partial charge >= 0.3 is 0 Å². The van der Waals surface area contributed by atoms with Gasteiger partial charge in [0.2, 0.25) is 0 Å². The van der Waals surface area contributed by atoms with E-state index in [1.165, 1.54) is 0 Å². The summed E-state index contributed by atoms with van der Waals surface area (Å²) in [6.45, 7) is 8.39. The fourth-order valence-electron chi connectivity index (χ4n) is 1.80. The zero-order valence-corrected chi connectivity index (χ0v) is 10.9. The Morgan fingerprint density at radius 3 is 2.44 bits per heavy atom. The van der Waals surface area contributed by atoms with E-state index in [9.17, 15) is 5.11 Å². The molecule has 16 heavy (non-hydrogen) atoms. The van der Waals surface area contributed by atoms with Gasteiger partial charge in [-0.05, 0) is 30.9 Å². The number of aryl methyl sites for hydroxylation is 1. The van der Waals surface area contributed by atoms with E-state index in [0.29, 0.717) is 0 Å². The first-order chi connectivity index (χ1) is 7.33. The minimum atomic E-state index is -0.463. The lowest BCUT2D eigenvalue weighted by molar-refractivity contribution is 0.119. The van der Waals surface area contributed by atoms with Crippen LogP contribution in [0.5, 0.6) is 5.75 Å². The first-order valence-corrected chi connectivity index (χ1v) is 5.66. The molecule has 1 atom stereocenters. The van der Waals surface area contributed by atoms with Crippen molar-refractivity contribution in [3.63, 3.8) is 0 Å². The number of methoxy groups -OCH3 is 1. The van der Waals surface area contributed by atoms with Crippen LogP contribution >= 0.6 is 0 Å². The summed E-state index contributed by atoms with van der Waals surface area (Å²) in [6.07, 6.45) is 0.266. The molecule has 1 aromatic rings. The van der Waals surface area contributed by atoms with E-state index in [4.69, 9.17) is 4.74 Å². The van der Waals surface area contributed by atoms with Crippen LogP contribution in [0.2, 0.25) is 0 Å². The number of benzene rings is 1. The van der Waals surface area contributed by atoms with Gasteiger partial charge in [0.25, 0.3) is 0 Å². The fourth-order valence-corrected chi connectivity index (χ4v) is 1.80. The number of hydrogen-bond donors (Lipinski definition) is 1. The van der Waals surface area contributed by atoms with Crippen molar-refractivity contribution < 1.29 is 9.84 Å². The molecule has 90 valence electrons. The van der Waals surface area contributed by atoms with Crippen molar-refractivity contribution in [2.75, 3.05) is 7.11 Å². The average Bonchev–Trinajstić information content (AvgIpc) is 2.15. The molecule has 0 amide bonds. The molecule has 0 fully saturated rings. The van der Waals surface area contributed by atoms with Crippen molar-refractivity contribution in [2.45, 2.75) is 40.2 Å². The number of hydrogen-bond acceptors (Lipinski definition) is 2. The molecule has 0 aliphatic heterocycles. The predicted octanol–water partition coefficient (Wildman–Crippen LogP) is 3.47.